The van der Waals surface area contributed by atoms with Crippen LogP contribution in [0.5, 0.6) is 0 Å². The van der Waals surface area contributed by atoms with Crippen LogP contribution in [-0.2, 0) is 14.7 Å². The van der Waals surface area contributed by atoms with Gasteiger partial charge in [0.2, 0.25) is 0 Å². The fraction of sp³-hybridized carbons (Fsp3) is 0.458. The summed E-state index contributed by atoms with van der Waals surface area (Å²) in [5.74, 6) is 0.246. The number of nitrogens with two attached hydrogens (primary N) is 1. The van der Waals surface area contributed by atoms with Crippen molar-refractivity contribution < 1.29 is 14.3 Å². The third kappa shape index (κ3) is 5.31. The standard InChI is InChI=1S/C24H29AsNO3/c26-23(27)22-3-1-2-21(16-22)20-6-4-19(5-7-20)17-25-13-10-18-8-11-24(12-9-18)28-14-15-29-24/h1-7,16,18H,8-15,17H2,(H2,26,27). The van der Waals surface area contributed by atoms with Crippen LogP contribution < -0.4 is 5.73 Å². The zero-order valence-electron chi connectivity index (χ0n) is 16.8. The zero-order valence-corrected chi connectivity index (χ0v) is 18.7. The summed E-state index contributed by atoms with van der Waals surface area (Å²) in [4.78, 5) is 11.4. The second-order valence-electron chi connectivity index (χ2n) is 8.09. The van der Waals surface area contributed by atoms with Gasteiger partial charge in [-0.1, -0.05) is 0 Å². The van der Waals surface area contributed by atoms with Crippen molar-refractivity contribution in [3.05, 3.63) is 59.7 Å². The van der Waals surface area contributed by atoms with Crippen LogP contribution in [0.3, 0.4) is 0 Å². The Kier molecular flexibility index (Phi) is 6.74. The van der Waals surface area contributed by atoms with Crippen molar-refractivity contribution in [1.29, 1.82) is 0 Å². The topological polar surface area (TPSA) is 61.6 Å². The van der Waals surface area contributed by atoms with E-state index in [1.807, 2.05) is 18.2 Å². The van der Waals surface area contributed by atoms with Crippen LogP contribution in [0.15, 0.2) is 48.5 Å². The Morgan fingerprint density at radius 3 is 2.45 bits per heavy atom. The number of rotatable bonds is 7. The van der Waals surface area contributed by atoms with Crippen LogP contribution in [-0.4, -0.2) is 40.7 Å². The van der Waals surface area contributed by atoms with Crippen LogP contribution in [0, 0.1) is 5.92 Å². The van der Waals surface area contributed by atoms with Gasteiger partial charge in [0.15, 0.2) is 0 Å². The van der Waals surface area contributed by atoms with Gasteiger partial charge in [-0.3, -0.25) is 0 Å². The molecule has 4 rings (SSSR count). The SMILES string of the molecule is NC(=O)c1cccc(-c2ccc(C[As]CCC3CCC4(CC3)OCCO4)cc2)c1. The van der Waals surface area contributed by atoms with Crippen molar-refractivity contribution in [3.63, 3.8) is 0 Å². The van der Waals surface area contributed by atoms with Crippen molar-refractivity contribution in [1.82, 2.24) is 0 Å². The molecule has 0 bridgehead atoms. The fourth-order valence-corrected chi connectivity index (χ4v) is 6.79. The van der Waals surface area contributed by atoms with E-state index < -0.39 is 0 Å². The van der Waals surface area contributed by atoms with Gasteiger partial charge in [0.05, 0.1) is 0 Å². The molecule has 153 valence electrons. The van der Waals surface area contributed by atoms with Crippen LogP contribution in [0.4, 0.5) is 0 Å². The second-order valence-corrected chi connectivity index (χ2v) is 10.6. The summed E-state index contributed by atoms with van der Waals surface area (Å²) in [6, 6.07) is 16.3. The molecule has 4 nitrogen and oxygen atoms in total. The van der Waals surface area contributed by atoms with E-state index in [2.05, 4.69) is 24.3 Å². The van der Waals surface area contributed by atoms with E-state index in [9.17, 15) is 4.79 Å². The van der Waals surface area contributed by atoms with Crippen LogP contribution in [0.1, 0.15) is 48.0 Å². The minimum atomic E-state index is -0.385. The quantitative estimate of drug-likeness (QED) is 0.499. The summed E-state index contributed by atoms with van der Waals surface area (Å²) in [7, 11) is 0. The molecular weight excluding hydrogens is 425 g/mol. The molecule has 1 amide bonds. The van der Waals surface area contributed by atoms with Gasteiger partial charge in [0.25, 0.3) is 0 Å². The number of ether oxygens (including phenoxy) is 2. The number of hydrogen-bond donors (Lipinski definition) is 1. The third-order valence-electron chi connectivity index (χ3n) is 6.10. The van der Waals surface area contributed by atoms with Crippen molar-refractivity contribution in [2.75, 3.05) is 13.2 Å². The Bertz CT molecular complexity index is 820. The van der Waals surface area contributed by atoms with E-state index in [0.717, 1.165) is 43.1 Å². The number of amides is 1. The average Bonchev–Trinajstić information content (AvgIpc) is 3.21. The van der Waals surface area contributed by atoms with Crippen molar-refractivity contribution in [3.8, 4) is 11.1 Å². The van der Waals surface area contributed by atoms with Crippen LogP contribution >= 0.6 is 0 Å². The van der Waals surface area contributed by atoms with Crippen LogP contribution in [0.2, 0.25) is 5.21 Å². The molecule has 0 unspecified atom stereocenters. The number of carbonyl (C=O) groups excluding carboxylic acids is 1. The van der Waals surface area contributed by atoms with Gasteiger partial charge in [-0.25, -0.2) is 0 Å². The molecule has 5 heteroatoms. The molecular formula is C24H29AsNO3. The molecule has 29 heavy (non-hydrogen) atoms. The first kappa shape index (κ1) is 20.7. The van der Waals surface area contributed by atoms with Gasteiger partial charge >= 0.3 is 180 Å². The Hall–Kier alpha value is -1.61. The van der Waals surface area contributed by atoms with E-state index in [1.165, 1.54) is 35.2 Å². The molecule has 2 aliphatic rings. The van der Waals surface area contributed by atoms with E-state index in [-0.39, 0.29) is 11.7 Å². The van der Waals surface area contributed by atoms with E-state index >= 15 is 0 Å². The third-order valence-corrected chi connectivity index (χ3v) is 8.55. The molecule has 1 spiro atoms. The van der Waals surface area contributed by atoms with E-state index in [4.69, 9.17) is 15.2 Å². The molecule has 2 aromatic rings. The second kappa shape index (κ2) is 9.47. The Morgan fingerprint density at radius 1 is 1.03 bits per heavy atom. The van der Waals surface area contributed by atoms with Gasteiger partial charge in [0.1, 0.15) is 0 Å². The fourth-order valence-electron chi connectivity index (χ4n) is 4.33. The number of primary amides is 1. The van der Waals surface area contributed by atoms with Crippen molar-refractivity contribution in [2.45, 2.75) is 48.3 Å². The number of hydrogen-bond acceptors (Lipinski definition) is 3. The van der Waals surface area contributed by atoms with Crippen molar-refractivity contribution >= 4 is 21.7 Å². The first-order chi connectivity index (χ1) is 14.1. The van der Waals surface area contributed by atoms with Gasteiger partial charge in [-0.15, -0.1) is 0 Å². The maximum absolute atomic E-state index is 11.4. The summed E-state index contributed by atoms with van der Waals surface area (Å²) >= 11 is 0.349. The number of benzene rings is 2. The molecule has 2 fully saturated rings. The molecule has 1 saturated carbocycles. The molecule has 0 aromatic heterocycles. The monoisotopic (exact) mass is 454 g/mol. The summed E-state index contributed by atoms with van der Waals surface area (Å²) in [6.45, 7) is 1.54. The molecule has 1 heterocycles. The number of carbonyl (C=O) groups is 1. The predicted molar refractivity (Wildman–Crippen MR) is 116 cm³/mol. The summed E-state index contributed by atoms with van der Waals surface area (Å²) < 4.78 is 11.7. The Labute approximate surface area is 179 Å². The Balaban J connectivity index is 1.21. The van der Waals surface area contributed by atoms with Crippen molar-refractivity contribution in [2.24, 2.45) is 11.7 Å². The summed E-state index contributed by atoms with van der Waals surface area (Å²) in [5.41, 5.74) is 9.51. The van der Waals surface area contributed by atoms with Gasteiger partial charge in [-0.2, -0.15) is 0 Å². The van der Waals surface area contributed by atoms with Gasteiger partial charge in [-0.05, 0) is 0 Å². The zero-order chi connectivity index (χ0) is 20.1. The molecule has 1 radical (unpaired) electrons. The van der Waals surface area contributed by atoms with Gasteiger partial charge < -0.3 is 0 Å². The van der Waals surface area contributed by atoms with E-state index in [1.54, 1.807) is 6.07 Å². The molecule has 1 saturated heterocycles. The van der Waals surface area contributed by atoms with E-state index in [0.29, 0.717) is 21.3 Å². The minimum absolute atomic E-state index is 0.219. The van der Waals surface area contributed by atoms with Crippen LogP contribution in [0.25, 0.3) is 11.1 Å². The summed E-state index contributed by atoms with van der Waals surface area (Å²) in [5, 5.41) is 2.58. The predicted octanol–water partition coefficient (Wildman–Crippen LogP) is 4.40. The molecule has 2 N–H and O–H groups in total. The average molecular weight is 454 g/mol. The maximum atomic E-state index is 11.4. The molecule has 1 aliphatic heterocycles. The first-order valence-electron chi connectivity index (χ1n) is 10.5. The molecule has 2 aromatic carbocycles. The summed E-state index contributed by atoms with van der Waals surface area (Å²) in [6.07, 6.45) is 6.01. The first-order valence-corrected chi connectivity index (χ1v) is 13.2. The van der Waals surface area contributed by atoms with Gasteiger partial charge in [0, 0.05) is 0 Å². The molecule has 1 aliphatic carbocycles. The Morgan fingerprint density at radius 2 is 1.76 bits per heavy atom. The normalized spacial score (nSPS) is 19.3. The molecule has 0 atom stereocenters.